The summed E-state index contributed by atoms with van der Waals surface area (Å²) in [5.74, 6) is -0.252. The van der Waals surface area contributed by atoms with E-state index in [9.17, 15) is 9.59 Å². The first-order valence-electron chi connectivity index (χ1n) is 8.22. The van der Waals surface area contributed by atoms with Gasteiger partial charge in [-0.15, -0.1) is 0 Å². The Bertz CT molecular complexity index is 524. The zero-order valence-corrected chi connectivity index (χ0v) is 13.9. The van der Waals surface area contributed by atoms with E-state index in [1.165, 1.54) is 5.56 Å². The molecular formula is C18H26N2O3. The van der Waals surface area contributed by atoms with Crippen LogP contribution < -0.4 is 0 Å². The standard InChI is InChI=1S/C18H26N2O3/c1-14(18(22)23)19(2)13-17(21)20-10-8-16(9-11-20)12-15-6-4-3-5-7-15/h3-7,14,16H,8-13H2,1-2H3,(H,22,23). The second-order valence-electron chi connectivity index (χ2n) is 6.44. The minimum absolute atomic E-state index is 0.0266. The van der Waals surface area contributed by atoms with Crippen molar-refractivity contribution >= 4 is 11.9 Å². The Balaban J connectivity index is 1.77. The van der Waals surface area contributed by atoms with Gasteiger partial charge in [-0.05, 0) is 44.7 Å². The van der Waals surface area contributed by atoms with Crippen LogP contribution >= 0.6 is 0 Å². The van der Waals surface area contributed by atoms with Gasteiger partial charge in [-0.3, -0.25) is 14.5 Å². The average Bonchev–Trinajstić information content (AvgIpc) is 2.55. The van der Waals surface area contributed by atoms with Crippen LogP contribution in [0.5, 0.6) is 0 Å². The highest BCUT2D eigenvalue weighted by molar-refractivity contribution is 5.80. The lowest BCUT2D eigenvalue weighted by Crippen LogP contribution is -2.46. The van der Waals surface area contributed by atoms with Crippen molar-refractivity contribution in [1.29, 1.82) is 0 Å². The third-order valence-electron chi connectivity index (χ3n) is 4.74. The Morgan fingerprint density at radius 3 is 2.43 bits per heavy atom. The lowest BCUT2D eigenvalue weighted by Gasteiger charge is -2.33. The number of likely N-dealkylation sites (N-methyl/N-ethyl adjacent to an activating group) is 1. The maximum Gasteiger partial charge on any atom is 0.320 e. The van der Waals surface area contributed by atoms with Gasteiger partial charge in [0.05, 0.1) is 6.54 Å². The zero-order valence-electron chi connectivity index (χ0n) is 13.9. The van der Waals surface area contributed by atoms with Crippen molar-refractivity contribution in [2.24, 2.45) is 5.92 Å². The molecule has 5 heteroatoms. The molecule has 0 spiro atoms. The summed E-state index contributed by atoms with van der Waals surface area (Å²) in [4.78, 5) is 26.7. The van der Waals surface area contributed by atoms with Gasteiger partial charge >= 0.3 is 5.97 Å². The van der Waals surface area contributed by atoms with Crippen molar-refractivity contribution in [2.75, 3.05) is 26.7 Å². The maximum absolute atomic E-state index is 12.3. The molecule has 1 fully saturated rings. The van der Waals surface area contributed by atoms with Crippen LogP contribution in [0.4, 0.5) is 0 Å². The number of carboxylic acid groups (broad SMARTS) is 1. The quantitative estimate of drug-likeness (QED) is 0.870. The third kappa shape index (κ3) is 5.06. The summed E-state index contributed by atoms with van der Waals surface area (Å²) in [5.41, 5.74) is 1.35. The molecule has 1 aromatic carbocycles. The molecule has 126 valence electrons. The lowest BCUT2D eigenvalue weighted by molar-refractivity contribution is -0.143. The largest absolute Gasteiger partial charge is 0.480 e. The van der Waals surface area contributed by atoms with Crippen LogP contribution in [0.1, 0.15) is 25.3 Å². The number of carbonyl (C=O) groups is 2. The van der Waals surface area contributed by atoms with Gasteiger partial charge in [0.25, 0.3) is 0 Å². The van der Waals surface area contributed by atoms with E-state index in [0.717, 1.165) is 32.4 Å². The molecule has 5 nitrogen and oxygen atoms in total. The summed E-state index contributed by atoms with van der Waals surface area (Å²) in [6, 6.07) is 9.81. The highest BCUT2D eigenvalue weighted by atomic mass is 16.4. The first-order valence-corrected chi connectivity index (χ1v) is 8.22. The molecule has 23 heavy (non-hydrogen) atoms. The highest BCUT2D eigenvalue weighted by Crippen LogP contribution is 2.21. The summed E-state index contributed by atoms with van der Waals surface area (Å²) in [6.07, 6.45) is 3.09. The molecule has 1 atom stereocenters. The molecule has 0 bridgehead atoms. The number of carboxylic acids is 1. The van der Waals surface area contributed by atoms with Gasteiger partial charge in [0.2, 0.25) is 5.91 Å². The number of nitrogens with zero attached hydrogens (tertiary/aromatic N) is 2. The normalized spacial score (nSPS) is 17.3. The molecule has 1 N–H and O–H groups in total. The molecule has 1 unspecified atom stereocenters. The molecule has 1 amide bonds. The lowest BCUT2D eigenvalue weighted by atomic mass is 9.90. The number of likely N-dealkylation sites (tertiary alicyclic amines) is 1. The van der Waals surface area contributed by atoms with Crippen LogP contribution in [-0.4, -0.2) is 59.5 Å². The number of amides is 1. The van der Waals surface area contributed by atoms with Crippen molar-refractivity contribution in [3.05, 3.63) is 35.9 Å². The molecule has 1 heterocycles. The number of hydrogen-bond acceptors (Lipinski definition) is 3. The molecule has 0 aromatic heterocycles. The van der Waals surface area contributed by atoms with E-state index < -0.39 is 12.0 Å². The highest BCUT2D eigenvalue weighted by Gasteiger charge is 2.25. The fourth-order valence-electron chi connectivity index (χ4n) is 2.97. The van der Waals surface area contributed by atoms with Crippen molar-refractivity contribution in [3.8, 4) is 0 Å². The Labute approximate surface area is 137 Å². The van der Waals surface area contributed by atoms with Gasteiger partial charge in [0, 0.05) is 13.1 Å². The Hall–Kier alpha value is -1.88. The molecule has 1 aliphatic rings. The smallest absolute Gasteiger partial charge is 0.320 e. The maximum atomic E-state index is 12.3. The van der Waals surface area contributed by atoms with Crippen molar-refractivity contribution in [1.82, 2.24) is 9.80 Å². The second kappa shape index (κ2) is 8.11. The number of carbonyl (C=O) groups excluding carboxylic acids is 1. The SMILES string of the molecule is CC(C(=O)O)N(C)CC(=O)N1CCC(Cc2ccccc2)CC1. The van der Waals surface area contributed by atoms with E-state index in [2.05, 4.69) is 24.3 Å². The van der Waals surface area contributed by atoms with E-state index in [1.54, 1.807) is 18.9 Å². The van der Waals surface area contributed by atoms with E-state index in [1.807, 2.05) is 11.0 Å². The van der Waals surface area contributed by atoms with Crippen LogP contribution in [0.25, 0.3) is 0 Å². The number of aliphatic carboxylic acids is 1. The topological polar surface area (TPSA) is 60.9 Å². The van der Waals surface area contributed by atoms with Crippen molar-refractivity contribution < 1.29 is 14.7 Å². The van der Waals surface area contributed by atoms with Gasteiger partial charge in [-0.2, -0.15) is 0 Å². The fraction of sp³-hybridized carbons (Fsp3) is 0.556. The Morgan fingerprint density at radius 2 is 1.87 bits per heavy atom. The Morgan fingerprint density at radius 1 is 1.26 bits per heavy atom. The van der Waals surface area contributed by atoms with Gasteiger partial charge in [0.1, 0.15) is 6.04 Å². The van der Waals surface area contributed by atoms with E-state index >= 15 is 0 Å². The zero-order chi connectivity index (χ0) is 16.8. The van der Waals surface area contributed by atoms with Crippen LogP contribution in [0.2, 0.25) is 0 Å². The van der Waals surface area contributed by atoms with Gasteiger partial charge in [-0.1, -0.05) is 30.3 Å². The van der Waals surface area contributed by atoms with Gasteiger partial charge < -0.3 is 10.0 Å². The van der Waals surface area contributed by atoms with E-state index in [-0.39, 0.29) is 12.5 Å². The molecule has 1 aromatic rings. The Kier molecular flexibility index (Phi) is 6.16. The predicted octanol–water partition coefficient (Wildman–Crippen LogP) is 1.87. The molecule has 1 saturated heterocycles. The summed E-state index contributed by atoms with van der Waals surface area (Å²) < 4.78 is 0. The van der Waals surface area contributed by atoms with E-state index in [0.29, 0.717) is 5.92 Å². The minimum Gasteiger partial charge on any atom is -0.480 e. The van der Waals surface area contributed by atoms with Crippen molar-refractivity contribution in [3.63, 3.8) is 0 Å². The molecule has 1 aliphatic heterocycles. The fourth-order valence-corrected chi connectivity index (χ4v) is 2.97. The number of hydrogen-bond donors (Lipinski definition) is 1. The van der Waals surface area contributed by atoms with Crippen LogP contribution in [-0.2, 0) is 16.0 Å². The molecular weight excluding hydrogens is 292 g/mol. The minimum atomic E-state index is -0.901. The molecule has 0 radical (unpaired) electrons. The first kappa shape index (κ1) is 17.5. The van der Waals surface area contributed by atoms with Crippen molar-refractivity contribution in [2.45, 2.75) is 32.2 Å². The molecule has 0 saturated carbocycles. The van der Waals surface area contributed by atoms with Crippen LogP contribution in [0, 0.1) is 5.92 Å². The first-order chi connectivity index (χ1) is 11.0. The summed E-state index contributed by atoms with van der Waals surface area (Å²) >= 11 is 0. The van der Waals surface area contributed by atoms with Gasteiger partial charge in [-0.25, -0.2) is 0 Å². The second-order valence-corrected chi connectivity index (χ2v) is 6.44. The van der Waals surface area contributed by atoms with Gasteiger partial charge in [0.15, 0.2) is 0 Å². The summed E-state index contributed by atoms with van der Waals surface area (Å²) in [7, 11) is 1.68. The van der Waals surface area contributed by atoms with Crippen LogP contribution in [0.3, 0.4) is 0 Å². The summed E-state index contributed by atoms with van der Waals surface area (Å²) in [5, 5.41) is 8.98. The summed E-state index contributed by atoms with van der Waals surface area (Å²) in [6.45, 7) is 3.30. The van der Waals surface area contributed by atoms with E-state index in [4.69, 9.17) is 5.11 Å². The number of rotatable bonds is 6. The monoisotopic (exact) mass is 318 g/mol. The molecule has 0 aliphatic carbocycles. The predicted molar refractivity (Wildman–Crippen MR) is 89.2 cm³/mol. The van der Waals surface area contributed by atoms with Crippen LogP contribution in [0.15, 0.2) is 30.3 Å². The average molecular weight is 318 g/mol. The third-order valence-corrected chi connectivity index (χ3v) is 4.74. The molecule has 2 rings (SSSR count). The number of piperidine rings is 1. The number of benzene rings is 1.